The molecule has 1 aromatic carbocycles. The van der Waals surface area contributed by atoms with E-state index in [0.29, 0.717) is 0 Å². The quantitative estimate of drug-likeness (QED) is 0.767. The average Bonchev–Trinajstić information content (AvgIpc) is 3.16. The normalized spacial score (nSPS) is 12.2. The first-order chi connectivity index (χ1) is 10.6. The summed E-state index contributed by atoms with van der Waals surface area (Å²) in [6.07, 6.45) is 5.03. The molecule has 0 aliphatic heterocycles. The lowest BCUT2D eigenvalue weighted by Crippen LogP contribution is -2.08. The zero-order chi connectivity index (χ0) is 15.7. The van der Waals surface area contributed by atoms with Gasteiger partial charge < -0.3 is 10.8 Å². The summed E-state index contributed by atoms with van der Waals surface area (Å²) in [5.41, 5.74) is 7.58. The third-order valence-electron chi connectivity index (χ3n) is 3.53. The molecule has 2 aromatic heterocycles. The summed E-state index contributed by atoms with van der Waals surface area (Å²) in [5.74, 6) is -1.06. The fourth-order valence-corrected chi connectivity index (χ4v) is 2.25. The first-order valence-corrected chi connectivity index (χ1v) is 6.74. The molecule has 0 saturated heterocycles. The Morgan fingerprint density at radius 1 is 1.32 bits per heavy atom. The summed E-state index contributed by atoms with van der Waals surface area (Å²) in [6, 6.07) is 9.55. The van der Waals surface area contributed by atoms with E-state index in [9.17, 15) is 4.79 Å². The van der Waals surface area contributed by atoms with Crippen LogP contribution in [-0.2, 0) is 0 Å². The second-order valence-corrected chi connectivity index (χ2v) is 4.93. The number of carboxylic acid groups (broad SMARTS) is 1. The Kier molecular flexibility index (Phi) is 3.38. The lowest BCUT2D eigenvalue weighted by molar-refractivity contribution is 0.0698. The number of aromatic carboxylic acids is 1. The number of nitrogens with zero attached hydrogens (tertiary/aromatic N) is 4. The number of nitrogen functional groups attached to an aromatic ring is 1. The van der Waals surface area contributed by atoms with Crippen LogP contribution in [0, 0.1) is 0 Å². The predicted octanol–water partition coefficient (Wildman–Crippen LogP) is 1.96. The zero-order valence-corrected chi connectivity index (χ0v) is 11.9. The Labute approximate surface area is 126 Å². The van der Waals surface area contributed by atoms with Crippen molar-refractivity contribution in [1.29, 1.82) is 0 Å². The Morgan fingerprint density at radius 3 is 2.59 bits per heavy atom. The summed E-state index contributed by atoms with van der Waals surface area (Å²) < 4.78 is 3.32. The molecular formula is C15H15N5O2. The number of anilines is 1. The average molecular weight is 297 g/mol. The maximum atomic E-state index is 11.0. The fraction of sp³-hybridized carbons (Fsp3) is 0.133. The number of aromatic nitrogens is 4. The molecule has 3 aromatic rings. The van der Waals surface area contributed by atoms with Gasteiger partial charge in [0.1, 0.15) is 5.56 Å². The van der Waals surface area contributed by atoms with Crippen molar-refractivity contribution in [1.82, 2.24) is 19.6 Å². The smallest absolute Gasteiger partial charge is 0.341 e. The van der Waals surface area contributed by atoms with Crippen LogP contribution in [0.15, 0.2) is 48.9 Å². The van der Waals surface area contributed by atoms with E-state index in [-0.39, 0.29) is 17.4 Å². The second-order valence-electron chi connectivity index (χ2n) is 4.93. The molecule has 0 fully saturated rings. The number of rotatable bonds is 4. The summed E-state index contributed by atoms with van der Waals surface area (Å²) in [6.45, 7) is 1.93. The van der Waals surface area contributed by atoms with Gasteiger partial charge in [-0.1, -0.05) is 12.1 Å². The number of carbonyl (C=O) groups is 1. The van der Waals surface area contributed by atoms with Gasteiger partial charge in [0.15, 0.2) is 5.82 Å². The van der Waals surface area contributed by atoms with Crippen LogP contribution >= 0.6 is 0 Å². The third-order valence-corrected chi connectivity index (χ3v) is 3.53. The molecule has 3 rings (SSSR count). The SMILES string of the molecule is CC(c1ccc(-n2cccn2)cc1)n1cc(C(=O)O)c(N)n1. The van der Waals surface area contributed by atoms with Crippen molar-refractivity contribution < 1.29 is 9.90 Å². The second kappa shape index (κ2) is 5.36. The predicted molar refractivity (Wildman–Crippen MR) is 81.0 cm³/mol. The summed E-state index contributed by atoms with van der Waals surface area (Å²) in [7, 11) is 0. The van der Waals surface area contributed by atoms with Crippen LogP contribution in [-0.4, -0.2) is 30.6 Å². The van der Waals surface area contributed by atoms with Crippen LogP contribution in [0.25, 0.3) is 5.69 Å². The van der Waals surface area contributed by atoms with Gasteiger partial charge in [-0.2, -0.15) is 10.2 Å². The van der Waals surface area contributed by atoms with Crippen molar-refractivity contribution in [3.63, 3.8) is 0 Å². The van der Waals surface area contributed by atoms with Crippen molar-refractivity contribution in [3.8, 4) is 5.69 Å². The topological polar surface area (TPSA) is 99.0 Å². The van der Waals surface area contributed by atoms with Crippen LogP contribution in [0.2, 0.25) is 0 Å². The number of carboxylic acids is 1. The van der Waals surface area contributed by atoms with E-state index in [1.54, 1.807) is 15.6 Å². The molecule has 1 atom stereocenters. The number of nitrogens with two attached hydrogens (primary N) is 1. The van der Waals surface area contributed by atoms with Crippen molar-refractivity contribution in [2.24, 2.45) is 0 Å². The van der Waals surface area contributed by atoms with E-state index in [0.717, 1.165) is 11.3 Å². The van der Waals surface area contributed by atoms with Crippen molar-refractivity contribution in [2.45, 2.75) is 13.0 Å². The Bertz CT molecular complexity index is 790. The van der Waals surface area contributed by atoms with Gasteiger partial charge in [0.25, 0.3) is 0 Å². The Morgan fingerprint density at radius 2 is 2.05 bits per heavy atom. The van der Waals surface area contributed by atoms with E-state index >= 15 is 0 Å². The first kappa shape index (κ1) is 13.9. The van der Waals surface area contributed by atoms with E-state index in [2.05, 4.69) is 10.2 Å². The fourth-order valence-electron chi connectivity index (χ4n) is 2.25. The van der Waals surface area contributed by atoms with Gasteiger partial charge in [0.2, 0.25) is 0 Å². The Hall–Kier alpha value is -3.09. The molecule has 0 saturated carbocycles. The molecule has 3 N–H and O–H groups in total. The van der Waals surface area contributed by atoms with Gasteiger partial charge in [0, 0.05) is 18.6 Å². The van der Waals surface area contributed by atoms with Gasteiger partial charge in [-0.05, 0) is 30.7 Å². The third kappa shape index (κ3) is 2.44. The lowest BCUT2D eigenvalue weighted by Gasteiger charge is -2.13. The summed E-state index contributed by atoms with van der Waals surface area (Å²) in [4.78, 5) is 11.0. The molecular weight excluding hydrogens is 282 g/mol. The minimum Gasteiger partial charge on any atom is -0.477 e. The number of hydrogen-bond donors (Lipinski definition) is 2. The molecule has 7 nitrogen and oxygen atoms in total. The minimum atomic E-state index is -1.08. The molecule has 0 amide bonds. The molecule has 0 aliphatic carbocycles. The monoisotopic (exact) mass is 297 g/mol. The highest BCUT2D eigenvalue weighted by Gasteiger charge is 2.16. The minimum absolute atomic E-state index is 0.0139. The molecule has 0 bridgehead atoms. The van der Waals surface area contributed by atoms with E-state index in [4.69, 9.17) is 10.8 Å². The Balaban J connectivity index is 1.87. The van der Waals surface area contributed by atoms with Crippen LogP contribution in [0.1, 0.15) is 28.9 Å². The highest BCUT2D eigenvalue weighted by Crippen LogP contribution is 2.21. The standard InChI is InChI=1S/C15H15N5O2/c1-10(20-9-13(15(21)22)14(16)18-20)11-3-5-12(6-4-11)19-8-2-7-17-19/h2-10H,1H3,(H2,16,18)(H,21,22). The molecule has 0 radical (unpaired) electrons. The first-order valence-electron chi connectivity index (χ1n) is 6.74. The zero-order valence-electron chi connectivity index (χ0n) is 11.9. The molecule has 22 heavy (non-hydrogen) atoms. The van der Waals surface area contributed by atoms with Gasteiger partial charge in [-0.15, -0.1) is 0 Å². The van der Waals surface area contributed by atoms with Crippen LogP contribution in [0.3, 0.4) is 0 Å². The maximum Gasteiger partial charge on any atom is 0.341 e. The summed E-state index contributed by atoms with van der Waals surface area (Å²) >= 11 is 0. The molecule has 1 unspecified atom stereocenters. The number of hydrogen-bond acceptors (Lipinski definition) is 4. The highest BCUT2D eigenvalue weighted by molar-refractivity contribution is 5.92. The molecule has 2 heterocycles. The van der Waals surface area contributed by atoms with Gasteiger partial charge in [-0.25, -0.2) is 9.48 Å². The molecule has 0 spiro atoms. The van der Waals surface area contributed by atoms with E-state index < -0.39 is 5.97 Å². The summed E-state index contributed by atoms with van der Waals surface area (Å²) in [5, 5.41) is 17.3. The molecule has 112 valence electrons. The largest absolute Gasteiger partial charge is 0.477 e. The maximum absolute atomic E-state index is 11.0. The number of benzene rings is 1. The molecule has 7 heteroatoms. The van der Waals surface area contributed by atoms with Crippen LogP contribution in [0.4, 0.5) is 5.82 Å². The molecule has 0 aliphatic rings. The van der Waals surface area contributed by atoms with Crippen molar-refractivity contribution in [3.05, 3.63) is 60.0 Å². The van der Waals surface area contributed by atoms with Crippen LogP contribution in [0.5, 0.6) is 0 Å². The van der Waals surface area contributed by atoms with Crippen molar-refractivity contribution in [2.75, 3.05) is 5.73 Å². The van der Waals surface area contributed by atoms with Crippen LogP contribution < -0.4 is 5.73 Å². The highest BCUT2D eigenvalue weighted by atomic mass is 16.4. The van der Waals surface area contributed by atoms with Gasteiger partial charge in [0.05, 0.1) is 11.7 Å². The van der Waals surface area contributed by atoms with Gasteiger partial charge >= 0.3 is 5.97 Å². The van der Waals surface area contributed by atoms with Crippen molar-refractivity contribution >= 4 is 11.8 Å². The van der Waals surface area contributed by atoms with Gasteiger partial charge in [-0.3, -0.25) is 4.68 Å². The lowest BCUT2D eigenvalue weighted by atomic mass is 10.1. The van der Waals surface area contributed by atoms with E-state index in [1.165, 1.54) is 6.20 Å². The van der Waals surface area contributed by atoms with E-state index in [1.807, 2.05) is 43.5 Å².